The minimum atomic E-state index is -2.87. The summed E-state index contributed by atoms with van der Waals surface area (Å²) in [6.45, 7) is 0.891. The summed E-state index contributed by atoms with van der Waals surface area (Å²) in [5.41, 5.74) is -0.185. The van der Waals surface area contributed by atoms with E-state index in [1.807, 2.05) is 0 Å². The van der Waals surface area contributed by atoms with Crippen LogP contribution in [0.2, 0.25) is 0 Å². The lowest BCUT2D eigenvalue weighted by Gasteiger charge is -2.10. The van der Waals surface area contributed by atoms with Gasteiger partial charge >= 0.3 is 5.69 Å². The average Bonchev–Trinajstić information content (AvgIpc) is 2.72. The molecule has 0 aromatic carbocycles. The van der Waals surface area contributed by atoms with E-state index in [9.17, 15) is 18.0 Å². The van der Waals surface area contributed by atoms with Crippen molar-refractivity contribution < 1.29 is 8.42 Å². The van der Waals surface area contributed by atoms with Crippen molar-refractivity contribution in [3.8, 4) is 0 Å². The monoisotopic (exact) mass is 301 g/mol. The second-order valence-electron chi connectivity index (χ2n) is 5.31. The Balaban J connectivity index is 1.99. The van der Waals surface area contributed by atoms with Crippen molar-refractivity contribution in [2.45, 2.75) is 13.0 Å². The van der Waals surface area contributed by atoms with Gasteiger partial charge in [-0.25, -0.2) is 13.2 Å². The summed E-state index contributed by atoms with van der Waals surface area (Å²) in [6, 6.07) is 0. The van der Waals surface area contributed by atoms with Crippen LogP contribution >= 0.6 is 0 Å². The van der Waals surface area contributed by atoms with E-state index in [0.29, 0.717) is 25.1 Å². The molecule has 1 aromatic rings. The Morgan fingerprint density at radius 3 is 2.65 bits per heavy atom. The lowest BCUT2D eigenvalue weighted by Crippen LogP contribution is -2.39. The summed E-state index contributed by atoms with van der Waals surface area (Å²) < 4.78 is 25.1. The summed E-state index contributed by atoms with van der Waals surface area (Å²) in [5.74, 6) is 0.572. The van der Waals surface area contributed by atoms with Gasteiger partial charge in [0.15, 0.2) is 9.84 Å². The fourth-order valence-corrected chi connectivity index (χ4v) is 4.31. The molecule has 1 fully saturated rings. The molecule has 8 heteroatoms. The number of hydrogen-bond acceptors (Lipinski definition) is 5. The summed E-state index contributed by atoms with van der Waals surface area (Å²) >= 11 is 0. The van der Waals surface area contributed by atoms with Crippen molar-refractivity contribution in [3.05, 3.63) is 32.6 Å². The number of nitrogens with zero attached hydrogens (tertiary/aromatic N) is 2. The van der Waals surface area contributed by atoms with Gasteiger partial charge in [0.25, 0.3) is 5.56 Å². The Bertz CT molecular complexity index is 717. The van der Waals surface area contributed by atoms with Gasteiger partial charge in [-0.05, 0) is 18.9 Å². The summed E-state index contributed by atoms with van der Waals surface area (Å²) in [6.07, 6.45) is 2.18. The van der Waals surface area contributed by atoms with Crippen molar-refractivity contribution >= 4 is 9.84 Å². The second kappa shape index (κ2) is 5.53. The number of aromatic nitrogens is 2. The Hall–Kier alpha value is -1.41. The normalized spacial score (nSPS) is 21.2. The fraction of sp³-hybridized carbons (Fsp3) is 0.667. The fourth-order valence-electron chi connectivity index (χ4n) is 2.45. The predicted molar refractivity (Wildman–Crippen MR) is 75.4 cm³/mol. The van der Waals surface area contributed by atoms with Crippen molar-refractivity contribution in [1.29, 1.82) is 0 Å². The third-order valence-corrected chi connectivity index (χ3v) is 5.43. The number of nitrogens with one attached hydrogen (secondary N) is 1. The molecule has 0 radical (unpaired) electrons. The smallest absolute Gasteiger partial charge is 0.312 e. The van der Waals surface area contributed by atoms with Gasteiger partial charge in [-0.1, -0.05) is 0 Å². The Morgan fingerprint density at radius 1 is 1.35 bits per heavy atom. The van der Waals surface area contributed by atoms with E-state index < -0.39 is 9.84 Å². The number of sulfone groups is 1. The lowest BCUT2D eigenvalue weighted by atomic mass is 10.1. The molecule has 2 rings (SSSR count). The van der Waals surface area contributed by atoms with Gasteiger partial charge in [0, 0.05) is 32.4 Å². The third-order valence-electron chi connectivity index (χ3n) is 3.59. The van der Waals surface area contributed by atoms with Gasteiger partial charge in [0.1, 0.15) is 0 Å². The Labute approximate surface area is 117 Å². The molecule has 112 valence electrons. The molecule has 1 unspecified atom stereocenters. The van der Waals surface area contributed by atoms with Crippen LogP contribution in [0.4, 0.5) is 0 Å². The van der Waals surface area contributed by atoms with Crippen LogP contribution in [0.15, 0.2) is 15.8 Å². The molecule has 1 N–H and O–H groups in total. The van der Waals surface area contributed by atoms with Crippen LogP contribution in [0.3, 0.4) is 0 Å². The van der Waals surface area contributed by atoms with E-state index in [1.54, 1.807) is 7.05 Å². The zero-order valence-electron chi connectivity index (χ0n) is 11.6. The van der Waals surface area contributed by atoms with E-state index in [1.165, 1.54) is 17.8 Å². The van der Waals surface area contributed by atoms with Crippen LogP contribution in [0.1, 0.15) is 12.0 Å². The molecule has 1 saturated heterocycles. The Morgan fingerprint density at radius 2 is 2.05 bits per heavy atom. The van der Waals surface area contributed by atoms with E-state index in [4.69, 9.17) is 0 Å². The number of aryl methyl sites for hydroxylation is 1. The van der Waals surface area contributed by atoms with Gasteiger partial charge < -0.3 is 9.88 Å². The third kappa shape index (κ3) is 3.18. The highest BCUT2D eigenvalue weighted by atomic mass is 32.2. The summed E-state index contributed by atoms with van der Waals surface area (Å²) in [5, 5.41) is 3.10. The minimum Gasteiger partial charge on any atom is -0.312 e. The molecule has 0 spiro atoms. The van der Waals surface area contributed by atoms with Crippen LogP contribution < -0.4 is 16.6 Å². The highest BCUT2D eigenvalue weighted by molar-refractivity contribution is 7.91. The first-order valence-electron chi connectivity index (χ1n) is 6.47. The topological polar surface area (TPSA) is 90.2 Å². The van der Waals surface area contributed by atoms with Crippen LogP contribution in [0.25, 0.3) is 0 Å². The molecule has 1 aliphatic rings. The lowest BCUT2D eigenvalue weighted by molar-refractivity contribution is 0.515. The largest absolute Gasteiger partial charge is 0.330 e. The maximum atomic E-state index is 11.9. The van der Waals surface area contributed by atoms with Crippen molar-refractivity contribution in [2.75, 3.05) is 18.1 Å². The molecule has 0 saturated carbocycles. The van der Waals surface area contributed by atoms with Gasteiger partial charge in [0.2, 0.25) is 0 Å². The molecule has 0 amide bonds. The molecule has 2 heterocycles. The zero-order chi connectivity index (χ0) is 14.9. The minimum absolute atomic E-state index is 0.108. The summed E-state index contributed by atoms with van der Waals surface area (Å²) in [4.78, 5) is 23.4. The first-order chi connectivity index (χ1) is 9.30. The second-order valence-corrected chi connectivity index (χ2v) is 7.54. The maximum Gasteiger partial charge on any atom is 0.330 e. The molecular formula is C12H19N3O4S. The Kier molecular flexibility index (Phi) is 4.14. The molecule has 1 aromatic heterocycles. The van der Waals surface area contributed by atoms with Crippen molar-refractivity contribution in [1.82, 2.24) is 14.5 Å². The first-order valence-corrected chi connectivity index (χ1v) is 8.29. The summed E-state index contributed by atoms with van der Waals surface area (Å²) in [7, 11) is 0.165. The molecule has 1 aliphatic heterocycles. The van der Waals surface area contributed by atoms with E-state index in [0.717, 1.165) is 4.57 Å². The SMILES string of the molecule is Cn1cc(CNCC2CCS(=O)(=O)C2)c(=O)n(C)c1=O. The highest BCUT2D eigenvalue weighted by Gasteiger charge is 2.27. The van der Waals surface area contributed by atoms with Crippen molar-refractivity contribution in [3.63, 3.8) is 0 Å². The van der Waals surface area contributed by atoms with E-state index >= 15 is 0 Å². The van der Waals surface area contributed by atoms with Crippen LogP contribution in [-0.2, 0) is 30.5 Å². The van der Waals surface area contributed by atoms with Crippen LogP contribution in [0.5, 0.6) is 0 Å². The first kappa shape index (κ1) is 15.0. The van der Waals surface area contributed by atoms with E-state index in [-0.39, 0.29) is 28.7 Å². The van der Waals surface area contributed by atoms with Crippen LogP contribution in [0, 0.1) is 5.92 Å². The zero-order valence-corrected chi connectivity index (χ0v) is 12.4. The average molecular weight is 301 g/mol. The molecule has 1 atom stereocenters. The predicted octanol–water partition coefficient (Wildman–Crippen LogP) is -1.39. The molecule has 0 bridgehead atoms. The standard InChI is InChI=1S/C12H19N3O4S/c1-14-7-10(11(16)15(2)12(14)17)6-13-5-9-3-4-20(18,19)8-9/h7,9,13H,3-6,8H2,1-2H3. The van der Waals surface area contributed by atoms with Gasteiger partial charge in [-0.2, -0.15) is 0 Å². The molecule has 7 nitrogen and oxygen atoms in total. The van der Waals surface area contributed by atoms with E-state index in [2.05, 4.69) is 5.32 Å². The van der Waals surface area contributed by atoms with Gasteiger partial charge in [-0.3, -0.25) is 9.36 Å². The van der Waals surface area contributed by atoms with Gasteiger partial charge in [0.05, 0.1) is 11.5 Å². The molecule has 20 heavy (non-hydrogen) atoms. The number of rotatable bonds is 4. The van der Waals surface area contributed by atoms with Gasteiger partial charge in [-0.15, -0.1) is 0 Å². The quantitative estimate of drug-likeness (QED) is 0.739. The maximum absolute atomic E-state index is 11.9. The van der Waals surface area contributed by atoms with Crippen molar-refractivity contribution in [2.24, 2.45) is 20.0 Å². The molecular weight excluding hydrogens is 282 g/mol. The van der Waals surface area contributed by atoms with Crippen LogP contribution in [-0.4, -0.2) is 35.6 Å². The number of hydrogen-bond donors (Lipinski definition) is 1. The molecule has 0 aliphatic carbocycles. The highest BCUT2D eigenvalue weighted by Crippen LogP contribution is 2.17.